The van der Waals surface area contributed by atoms with E-state index in [0.717, 1.165) is 12.3 Å². The quantitative estimate of drug-likeness (QED) is 0.508. The van der Waals surface area contributed by atoms with Crippen molar-refractivity contribution in [3.63, 3.8) is 0 Å². The maximum Gasteiger partial charge on any atom is 0.101 e. The Morgan fingerprint density at radius 3 is 2.27 bits per heavy atom. The second-order valence-corrected chi connectivity index (χ2v) is 14.4. The monoisotopic (exact) mass is 374 g/mol. The van der Waals surface area contributed by atoms with Crippen LogP contribution in [0.1, 0.15) is 73.3 Å². The van der Waals surface area contributed by atoms with E-state index >= 15 is 0 Å². The zero-order chi connectivity index (χ0) is 19.3. The first-order valence-electron chi connectivity index (χ1n) is 10.7. The van der Waals surface area contributed by atoms with E-state index in [9.17, 15) is 4.57 Å². The summed E-state index contributed by atoms with van der Waals surface area (Å²) >= 11 is 0. The minimum Gasteiger partial charge on any atom is -0.322 e. The summed E-state index contributed by atoms with van der Waals surface area (Å²) in [6.07, 6.45) is 4.73. The minimum absolute atomic E-state index is 0.0612. The van der Waals surface area contributed by atoms with Crippen molar-refractivity contribution in [3.8, 4) is 0 Å². The summed E-state index contributed by atoms with van der Waals surface area (Å²) in [6, 6.07) is 10.8. The van der Waals surface area contributed by atoms with Crippen molar-refractivity contribution in [1.82, 2.24) is 0 Å². The highest BCUT2D eigenvalue weighted by atomic mass is 31.2. The number of rotatable bonds is 4. The Bertz CT molecular complexity index is 673. The van der Waals surface area contributed by atoms with Crippen LogP contribution in [0, 0.1) is 23.2 Å². The van der Waals surface area contributed by atoms with Gasteiger partial charge in [-0.25, -0.2) is 0 Å². The number of benzene rings is 1. The summed E-state index contributed by atoms with van der Waals surface area (Å²) in [7, 11) is -2.32. The SMILES string of the molecule is CC(C)[C@@H]1CC[C@@H](C)C[C@H]1P1(=O)[C@H](Cc2ccccc2)C(C)(C)C1(C)C. The molecule has 2 fully saturated rings. The lowest BCUT2D eigenvalue weighted by Gasteiger charge is -2.68. The molecule has 1 aromatic rings. The molecule has 5 atom stereocenters. The van der Waals surface area contributed by atoms with Gasteiger partial charge in [0, 0.05) is 16.5 Å². The van der Waals surface area contributed by atoms with Gasteiger partial charge in [0.2, 0.25) is 0 Å². The molecule has 146 valence electrons. The third-order valence-corrected chi connectivity index (χ3v) is 14.2. The number of hydrogen-bond donors (Lipinski definition) is 0. The Hall–Kier alpha value is -0.550. The molecule has 2 heteroatoms. The molecule has 0 spiro atoms. The molecule has 0 radical (unpaired) electrons. The fourth-order valence-electron chi connectivity index (χ4n) is 6.13. The second-order valence-electron chi connectivity index (χ2n) is 10.6. The van der Waals surface area contributed by atoms with Crippen LogP contribution >= 0.6 is 7.14 Å². The summed E-state index contributed by atoms with van der Waals surface area (Å²) < 4.78 is 14.9. The van der Waals surface area contributed by atoms with Crippen LogP contribution in [0.4, 0.5) is 0 Å². The fourth-order valence-corrected chi connectivity index (χ4v) is 12.6. The molecule has 26 heavy (non-hydrogen) atoms. The summed E-state index contributed by atoms with van der Waals surface area (Å²) in [5.41, 5.74) is 2.22. The van der Waals surface area contributed by atoms with E-state index in [1.54, 1.807) is 0 Å². The van der Waals surface area contributed by atoms with Crippen molar-refractivity contribution in [2.45, 2.75) is 90.6 Å². The lowest BCUT2D eigenvalue weighted by molar-refractivity contribution is 0.164. The molecule has 2 aliphatic rings. The highest BCUT2D eigenvalue weighted by Crippen LogP contribution is 2.85. The normalized spacial score (nSPS) is 38.8. The molecular weight excluding hydrogens is 335 g/mol. The average Bonchev–Trinajstić information content (AvgIpc) is 2.59. The molecule has 3 rings (SSSR count). The van der Waals surface area contributed by atoms with Crippen LogP contribution in [0.2, 0.25) is 0 Å². The van der Waals surface area contributed by atoms with E-state index in [0.29, 0.717) is 23.2 Å². The first-order chi connectivity index (χ1) is 12.0. The van der Waals surface area contributed by atoms with Gasteiger partial charge in [-0.2, -0.15) is 0 Å². The smallest absolute Gasteiger partial charge is 0.101 e. The maximum atomic E-state index is 14.9. The molecule has 1 unspecified atom stereocenters. The van der Waals surface area contributed by atoms with E-state index in [1.807, 2.05) is 0 Å². The van der Waals surface area contributed by atoms with Gasteiger partial charge in [-0.05, 0) is 48.0 Å². The van der Waals surface area contributed by atoms with Gasteiger partial charge in [-0.15, -0.1) is 0 Å². The maximum absolute atomic E-state index is 14.9. The molecule has 1 heterocycles. The van der Waals surface area contributed by atoms with Gasteiger partial charge in [0.05, 0.1) is 0 Å². The lowest BCUT2D eigenvalue weighted by Crippen LogP contribution is -2.63. The van der Waals surface area contributed by atoms with Crippen LogP contribution in [0.25, 0.3) is 0 Å². The zero-order valence-electron chi connectivity index (χ0n) is 18.0. The molecule has 1 aliphatic heterocycles. The van der Waals surface area contributed by atoms with Crippen LogP contribution in [0.5, 0.6) is 0 Å². The van der Waals surface area contributed by atoms with Crippen LogP contribution in [0.3, 0.4) is 0 Å². The minimum atomic E-state index is -2.32. The molecule has 0 N–H and O–H groups in total. The topological polar surface area (TPSA) is 17.1 Å². The van der Waals surface area contributed by atoms with Gasteiger partial charge >= 0.3 is 0 Å². The van der Waals surface area contributed by atoms with Crippen molar-refractivity contribution >= 4 is 7.14 Å². The molecule has 0 bridgehead atoms. The molecule has 1 aromatic carbocycles. The van der Waals surface area contributed by atoms with Gasteiger partial charge in [0.15, 0.2) is 0 Å². The van der Waals surface area contributed by atoms with E-state index in [-0.39, 0.29) is 10.6 Å². The second kappa shape index (κ2) is 6.80. The van der Waals surface area contributed by atoms with Crippen molar-refractivity contribution in [1.29, 1.82) is 0 Å². The Balaban J connectivity index is 2.01. The average molecular weight is 375 g/mol. The highest BCUT2D eigenvalue weighted by molar-refractivity contribution is 7.68. The Kier molecular flexibility index (Phi) is 5.28. The Morgan fingerprint density at radius 2 is 1.69 bits per heavy atom. The number of hydrogen-bond acceptors (Lipinski definition) is 1. The van der Waals surface area contributed by atoms with Crippen molar-refractivity contribution in [2.24, 2.45) is 23.2 Å². The van der Waals surface area contributed by atoms with E-state index in [2.05, 4.69) is 78.8 Å². The van der Waals surface area contributed by atoms with Crippen LogP contribution < -0.4 is 0 Å². The predicted molar refractivity (Wildman–Crippen MR) is 115 cm³/mol. The summed E-state index contributed by atoms with van der Waals surface area (Å²) in [5, 5.41) is -0.0612. The van der Waals surface area contributed by atoms with Crippen molar-refractivity contribution in [3.05, 3.63) is 35.9 Å². The van der Waals surface area contributed by atoms with Gasteiger partial charge < -0.3 is 4.57 Å². The molecule has 1 aliphatic carbocycles. The van der Waals surface area contributed by atoms with Gasteiger partial charge in [-0.3, -0.25) is 0 Å². The van der Waals surface area contributed by atoms with Crippen LogP contribution in [-0.4, -0.2) is 16.5 Å². The Morgan fingerprint density at radius 1 is 1.08 bits per heavy atom. The highest BCUT2D eigenvalue weighted by Gasteiger charge is 2.72. The zero-order valence-corrected chi connectivity index (χ0v) is 18.9. The standard InChI is InChI=1S/C24H39OP/c1-17(2)20-14-13-18(3)15-21(20)26(25)22(23(4,5)24(26,6)7)16-19-11-9-8-10-12-19/h8-12,17-18,20-22H,13-16H2,1-7H3/t18-,20+,21-,22-,26?/m1/s1. The summed E-state index contributed by atoms with van der Waals surface area (Å²) in [4.78, 5) is 0. The largest absolute Gasteiger partial charge is 0.322 e. The molecule has 0 aromatic heterocycles. The molecule has 0 amide bonds. The third-order valence-electron chi connectivity index (χ3n) is 8.50. The predicted octanol–water partition coefficient (Wildman–Crippen LogP) is 7.24. The van der Waals surface area contributed by atoms with E-state index in [1.165, 1.54) is 24.8 Å². The van der Waals surface area contributed by atoms with Crippen molar-refractivity contribution < 1.29 is 4.57 Å². The van der Waals surface area contributed by atoms with E-state index < -0.39 is 7.14 Å². The summed E-state index contributed by atoms with van der Waals surface area (Å²) in [5.74, 6) is 1.98. The third kappa shape index (κ3) is 2.85. The van der Waals surface area contributed by atoms with Crippen molar-refractivity contribution in [2.75, 3.05) is 0 Å². The van der Waals surface area contributed by atoms with Gasteiger partial charge in [0.25, 0.3) is 0 Å². The Labute approximate surface area is 161 Å². The summed E-state index contributed by atoms with van der Waals surface area (Å²) in [6.45, 7) is 16.4. The lowest BCUT2D eigenvalue weighted by atomic mass is 9.73. The van der Waals surface area contributed by atoms with Crippen LogP contribution in [0.15, 0.2) is 30.3 Å². The molecular formula is C24H39OP. The first kappa shape index (κ1) is 20.2. The van der Waals surface area contributed by atoms with E-state index in [4.69, 9.17) is 0 Å². The fraction of sp³-hybridized carbons (Fsp3) is 0.750. The molecule has 1 saturated heterocycles. The van der Waals surface area contributed by atoms with Gasteiger partial charge in [-0.1, -0.05) is 85.2 Å². The molecule has 1 nitrogen and oxygen atoms in total. The van der Waals surface area contributed by atoms with Gasteiger partial charge in [0.1, 0.15) is 7.14 Å². The molecule has 1 saturated carbocycles. The first-order valence-corrected chi connectivity index (χ1v) is 12.5. The van der Waals surface area contributed by atoms with Crippen LogP contribution in [-0.2, 0) is 11.0 Å².